The summed E-state index contributed by atoms with van der Waals surface area (Å²) in [7, 11) is 1.69. The number of nitrogens with zero attached hydrogens (tertiary/aromatic N) is 1. The van der Waals surface area contributed by atoms with Crippen molar-refractivity contribution in [2.45, 2.75) is 13.0 Å². The van der Waals surface area contributed by atoms with E-state index in [1.54, 1.807) is 7.11 Å². The summed E-state index contributed by atoms with van der Waals surface area (Å²) in [4.78, 5) is 2.35. The van der Waals surface area contributed by atoms with E-state index < -0.39 is 0 Å². The van der Waals surface area contributed by atoms with Gasteiger partial charge in [-0.1, -0.05) is 0 Å². The third kappa shape index (κ3) is 1.24. The van der Waals surface area contributed by atoms with Crippen molar-refractivity contribution < 1.29 is 4.74 Å². The maximum Gasteiger partial charge on any atom is 0.119 e. The monoisotopic (exact) mass is 163 g/mol. The number of anilines is 1. The van der Waals surface area contributed by atoms with Crippen LogP contribution in [0.15, 0.2) is 24.3 Å². The molecule has 1 unspecified atom stereocenters. The lowest BCUT2D eigenvalue weighted by atomic mass is 10.3. The lowest BCUT2D eigenvalue weighted by molar-refractivity contribution is 0.415. The smallest absolute Gasteiger partial charge is 0.119 e. The highest BCUT2D eigenvalue weighted by Crippen LogP contribution is 2.28. The lowest BCUT2D eigenvalue weighted by Gasteiger charge is -2.04. The molecule has 0 bridgehead atoms. The molecule has 0 radical (unpaired) electrons. The summed E-state index contributed by atoms with van der Waals surface area (Å²) in [5.74, 6) is 0.924. The molecule has 12 heavy (non-hydrogen) atoms. The lowest BCUT2D eigenvalue weighted by Crippen LogP contribution is -1.94. The highest BCUT2D eigenvalue weighted by Gasteiger charge is 2.28. The van der Waals surface area contributed by atoms with Crippen LogP contribution in [0.4, 0.5) is 5.69 Å². The molecule has 1 fully saturated rings. The van der Waals surface area contributed by atoms with Gasteiger partial charge in [-0.25, -0.2) is 0 Å². The Hall–Kier alpha value is -1.18. The molecular formula is C10H13NO. The normalized spacial score (nSPS) is 20.8. The molecule has 0 saturated carbocycles. The summed E-state index contributed by atoms with van der Waals surface area (Å²) in [5, 5.41) is 0. The number of benzene rings is 1. The van der Waals surface area contributed by atoms with Gasteiger partial charge in [-0.15, -0.1) is 0 Å². The number of hydrogen-bond acceptors (Lipinski definition) is 2. The van der Waals surface area contributed by atoms with Crippen molar-refractivity contribution in [1.82, 2.24) is 0 Å². The van der Waals surface area contributed by atoms with Crippen LogP contribution in [0, 0.1) is 0 Å². The standard InChI is InChI=1S/C10H13NO/c1-8-7-11(8)9-3-5-10(12-2)6-4-9/h3-6,8H,7H2,1-2H3. The van der Waals surface area contributed by atoms with Gasteiger partial charge < -0.3 is 9.64 Å². The minimum atomic E-state index is 0.721. The van der Waals surface area contributed by atoms with Crippen LogP contribution >= 0.6 is 0 Å². The minimum absolute atomic E-state index is 0.721. The highest BCUT2D eigenvalue weighted by atomic mass is 16.5. The number of ether oxygens (including phenoxy) is 1. The second-order valence-electron chi connectivity index (χ2n) is 3.20. The zero-order valence-electron chi connectivity index (χ0n) is 7.45. The Labute approximate surface area is 72.8 Å². The largest absolute Gasteiger partial charge is 0.497 e. The van der Waals surface area contributed by atoms with Gasteiger partial charge in [0, 0.05) is 18.3 Å². The molecule has 0 amide bonds. The molecule has 0 N–H and O–H groups in total. The summed E-state index contributed by atoms with van der Waals surface area (Å²) in [6, 6.07) is 8.92. The molecule has 2 heteroatoms. The average Bonchev–Trinajstić information content (AvgIpc) is 2.83. The maximum atomic E-state index is 5.08. The van der Waals surface area contributed by atoms with Crippen molar-refractivity contribution in [3.05, 3.63) is 24.3 Å². The predicted octanol–water partition coefficient (Wildman–Crippen LogP) is 1.90. The summed E-state index contributed by atoms with van der Waals surface area (Å²) in [6.45, 7) is 3.41. The summed E-state index contributed by atoms with van der Waals surface area (Å²) in [5.41, 5.74) is 1.29. The quantitative estimate of drug-likeness (QED) is 0.617. The molecule has 1 atom stereocenters. The van der Waals surface area contributed by atoms with Crippen molar-refractivity contribution in [2.24, 2.45) is 0 Å². The minimum Gasteiger partial charge on any atom is -0.497 e. The van der Waals surface area contributed by atoms with Gasteiger partial charge in [0.1, 0.15) is 5.75 Å². The molecule has 2 nitrogen and oxygen atoms in total. The zero-order valence-corrected chi connectivity index (χ0v) is 7.45. The highest BCUT2D eigenvalue weighted by molar-refractivity contribution is 5.55. The molecule has 0 aromatic heterocycles. The topological polar surface area (TPSA) is 12.2 Å². The molecule has 1 aliphatic rings. The first-order valence-electron chi connectivity index (χ1n) is 4.22. The first-order chi connectivity index (χ1) is 5.81. The van der Waals surface area contributed by atoms with Crippen LogP contribution in [-0.4, -0.2) is 19.7 Å². The van der Waals surface area contributed by atoms with Crippen molar-refractivity contribution in [1.29, 1.82) is 0 Å². The number of hydrogen-bond donors (Lipinski definition) is 0. The zero-order chi connectivity index (χ0) is 8.55. The van der Waals surface area contributed by atoms with E-state index in [4.69, 9.17) is 4.74 Å². The van der Waals surface area contributed by atoms with Crippen LogP contribution in [0.2, 0.25) is 0 Å². The summed E-state index contributed by atoms with van der Waals surface area (Å²) < 4.78 is 5.08. The third-order valence-corrected chi connectivity index (χ3v) is 2.26. The van der Waals surface area contributed by atoms with Crippen LogP contribution in [-0.2, 0) is 0 Å². The second-order valence-corrected chi connectivity index (χ2v) is 3.20. The van der Waals surface area contributed by atoms with Crippen LogP contribution in [0.25, 0.3) is 0 Å². The van der Waals surface area contributed by atoms with E-state index in [0.717, 1.165) is 11.8 Å². The molecule has 1 heterocycles. The van der Waals surface area contributed by atoms with Crippen LogP contribution in [0.1, 0.15) is 6.92 Å². The van der Waals surface area contributed by atoms with E-state index >= 15 is 0 Å². The van der Waals surface area contributed by atoms with E-state index in [-0.39, 0.29) is 0 Å². The molecule has 2 rings (SSSR count). The van der Waals surface area contributed by atoms with E-state index in [9.17, 15) is 0 Å². The predicted molar refractivity (Wildman–Crippen MR) is 49.8 cm³/mol. The fourth-order valence-corrected chi connectivity index (χ4v) is 1.37. The molecular weight excluding hydrogens is 150 g/mol. The average molecular weight is 163 g/mol. The van der Waals surface area contributed by atoms with Gasteiger partial charge in [-0.3, -0.25) is 0 Å². The molecule has 0 spiro atoms. The van der Waals surface area contributed by atoms with E-state index in [1.807, 2.05) is 12.1 Å². The van der Waals surface area contributed by atoms with Crippen molar-refractivity contribution in [2.75, 3.05) is 18.6 Å². The molecule has 1 aliphatic heterocycles. The third-order valence-electron chi connectivity index (χ3n) is 2.26. The van der Waals surface area contributed by atoms with Crippen LogP contribution < -0.4 is 9.64 Å². The molecule has 0 aliphatic carbocycles. The van der Waals surface area contributed by atoms with Crippen molar-refractivity contribution >= 4 is 5.69 Å². The SMILES string of the molecule is COc1ccc(N2CC2C)cc1. The Morgan fingerprint density at radius 2 is 1.92 bits per heavy atom. The molecule has 1 aromatic rings. The van der Waals surface area contributed by atoms with Gasteiger partial charge in [0.25, 0.3) is 0 Å². The van der Waals surface area contributed by atoms with E-state index in [1.165, 1.54) is 12.2 Å². The van der Waals surface area contributed by atoms with Crippen molar-refractivity contribution in [3.63, 3.8) is 0 Å². The Kier molecular flexibility index (Phi) is 1.68. The molecule has 64 valence electrons. The van der Waals surface area contributed by atoms with Gasteiger partial charge in [-0.05, 0) is 31.2 Å². The van der Waals surface area contributed by atoms with Crippen LogP contribution in [0.5, 0.6) is 5.75 Å². The summed E-state index contributed by atoms with van der Waals surface area (Å²) in [6.07, 6.45) is 0. The fraction of sp³-hybridized carbons (Fsp3) is 0.400. The van der Waals surface area contributed by atoms with Gasteiger partial charge in [0.15, 0.2) is 0 Å². The fourth-order valence-electron chi connectivity index (χ4n) is 1.37. The van der Waals surface area contributed by atoms with Crippen LogP contribution in [0.3, 0.4) is 0 Å². The number of rotatable bonds is 2. The second kappa shape index (κ2) is 2.70. The van der Waals surface area contributed by atoms with E-state index in [0.29, 0.717) is 0 Å². The van der Waals surface area contributed by atoms with Gasteiger partial charge in [0.2, 0.25) is 0 Å². The number of methoxy groups -OCH3 is 1. The molecule has 1 saturated heterocycles. The first kappa shape index (κ1) is 7.47. The Morgan fingerprint density at radius 1 is 1.33 bits per heavy atom. The van der Waals surface area contributed by atoms with Gasteiger partial charge in [0.05, 0.1) is 7.11 Å². The Balaban J connectivity index is 2.14. The Bertz CT molecular complexity index is 268. The summed E-state index contributed by atoms with van der Waals surface area (Å²) >= 11 is 0. The van der Waals surface area contributed by atoms with Gasteiger partial charge >= 0.3 is 0 Å². The maximum absolute atomic E-state index is 5.08. The van der Waals surface area contributed by atoms with Crippen molar-refractivity contribution in [3.8, 4) is 5.75 Å². The van der Waals surface area contributed by atoms with E-state index in [2.05, 4.69) is 24.0 Å². The molecule has 1 aromatic carbocycles. The van der Waals surface area contributed by atoms with Gasteiger partial charge in [-0.2, -0.15) is 0 Å². The first-order valence-corrected chi connectivity index (χ1v) is 4.22. The Morgan fingerprint density at radius 3 is 2.33 bits per heavy atom.